The molecule has 0 atom stereocenters. The van der Waals surface area contributed by atoms with Gasteiger partial charge in [0.25, 0.3) is 0 Å². The number of anilines is 2. The van der Waals surface area contributed by atoms with Crippen LogP contribution in [0.1, 0.15) is 24.6 Å². The number of aromatic nitrogens is 4. The van der Waals surface area contributed by atoms with Gasteiger partial charge in [-0.25, -0.2) is 14.2 Å². The molecule has 10 heteroatoms. The quantitative estimate of drug-likeness (QED) is 0.337. The SMILES string of the molecule is CCCn1c(=O)nc(Nc2ccc(Oc3ccc(C=NC)nc3)cc2)n(Cc2ccc(Cl)cc2)c1=O. The number of pyridine rings is 1. The molecule has 9 nitrogen and oxygen atoms in total. The molecule has 36 heavy (non-hydrogen) atoms. The van der Waals surface area contributed by atoms with Gasteiger partial charge in [0.2, 0.25) is 5.95 Å². The lowest BCUT2D eigenvalue weighted by molar-refractivity contribution is 0.480. The van der Waals surface area contributed by atoms with Crippen LogP contribution in [0.25, 0.3) is 0 Å². The third kappa shape index (κ3) is 6.05. The van der Waals surface area contributed by atoms with Crippen LogP contribution < -0.4 is 21.4 Å². The van der Waals surface area contributed by atoms with Crippen LogP contribution in [0.3, 0.4) is 0 Å². The molecule has 0 unspecified atom stereocenters. The van der Waals surface area contributed by atoms with Gasteiger partial charge >= 0.3 is 11.4 Å². The molecule has 0 bridgehead atoms. The number of benzene rings is 2. The molecule has 0 spiro atoms. The van der Waals surface area contributed by atoms with Gasteiger partial charge in [-0.05, 0) is 60.5 Å². The van der Waals surface area contributed by atoms with E-state index in [1.165, 1.54) is 4.57 Å². The van der Waals surface area contributed by atoms with Gasteiger partial charge < -0.3 is 10.1 Å². The zero-order valence-electron chi connectivity index (χ0n) is 19.9. The van der Waals surface area contributed by atoms with E-state index in [0.29, 0.717) is 35.2 Å². The Morgan fingerprint density at radius 2 is 1.72 bits per heavy atom. The van der Waals surface area contributed by atoms with Crippen molar-refractivity contribution in [2.24, 2.45) is 4.99 Å². The average Bonchev–Trinajstić information content (AvgIpc) is 2.88. The van der Waals surface area contributed by atoms with Gasteiger partial charge in [-0.15, -0.1) is 0 Å². The summed E-state index contributed by atoms with van der Waals surface area (Å²) in [6.45, 7) is 2.41. The van der Waals surface area contributed by atoms with E-state index in [1.807, 2.05) is 25.1 Å². The molecule has 0 saturated carbocycles. The van der Waals surface area contributed by atoms with Gasteiger partial charge in [-0.1, -0.05) is 30.7 Å². The van der Waals surface area contributed by atoms with Crippen molar-refractivity contribution in [3.63, 3.8) is 0 Å². The molecule has 0 aliphatic heterocycles. The Kier molecular flexibility index (Phi) is 7.92. The Morgan fingerprint density at radius 1 is 1.00 bits per heavy atom. The number of nitrogens with zero attached hydrogens (tertiary/aromatic N) is 5. The molecule has 2 heterocycles. The van der Waals surface area contributed by atoms with Gasteiger partial charge in [0.15, 0.2) is 0 Å². The first kappa shape index (κ1) is 24.9. The predicted molar refractivity (Wildman–Crippen MR) is 141 cm³/mol. The molecule has 2 aromatic carbocycles. The number of hydrogen-bond acceptors (Lipinski definition) is 7. The molecule has 0 amide bonds. The fraction of sp³-hybridized carbons (Fsp3) is 0.192. The maximum Gasteiger partial charge on any atom is 0.354 e. The van der Waals surface area contributed by atoms with E-state index in [-0.39, 0.29) is 12.5 Å². The van der Waals surface area contributed by atoms with Crippen LogP contribution in [0.15, 0.2) is 81.4 Å². The normalized spacial score (nSPS) is 11.1. The van der Waals surface area contributed by atoms with Gasteiger partial charge in [-0.3, -0.25) is 14.5 Å². The molecule has 2 aromatic heterocycles. The Labute approximate surface area is 212 Å². The van der Waals surface area contributed by atoms with Crippen LogP contribution in [0.4, 0.5) is 11.6 Å². The molecule has 0 fully saturated rings. The lowest BCUT2D eigenvalue weighted by Crippen LogP contribution is -2.42. The van der Waals surface area contributed by atoms with Crippen LogP contribution in [0.5, 0.6) is 11.5 Å². The second-order valence-corrected chi connectivity index (χ2v) is 8.36. The highest BCUT2D eigenvalue weighted by molar-refractivity contribution is 6.30. The lowest BCUT2D eigenvalue weighted by atomic mass is 10.2. The minimum absolute atomic E-state index is 0.151. The van der Waals surface area contributed by atoms with E-state index >= 15 is 0 Å². The Bertz CT molecular complexity index is 1460. The maximum atomic E-state index is 13.2. The maximum absolute atomic E-state index is 13.2. The van der Waals surface area contributed by atoms with Crippen LogP contribution in [0, 0.1) is 0 Å². The molecule has 184 valence electrons. The summed E-state index contributed by atoms with van der Waals surface area (Å²) in [5.74, 6) is 1.34. The molecule has 0 aliphatic carbocycles. The topological polar surface area (TPSA) is 103 Å². The van der Waals surface area contributed by atoms with Gasteiger partial charge in [-0.2, -0.15) is 4.98 Å². The van der Waals surface area contributed by atoms with Crippen molar-refractivity contribution in [1.82, 2.24) is 19.1 Å². The lowest BCUT2D eigenvalue weighted by Gasteiger charge is -2.16. The third-order valence-corrected chi connectivity index (χ3v) is 5.47. The summed E-state index contributed by atoms with van der Waals surface area (Å²) in [6, 6.07) is 17.9. The number of aliphatic imine (C=N–C) groups is 1. The molecule has 0 radical (unpaired) electrons. The van der Waals surface area contributed by atoms with Gasteiger partial charge in [0, 0.05) is 30.5 Å². The van der Waals surface area contributed by atoms with E-state index in [1.54, 1.807) is 61.9 Å². The molecular weight excluding hydrogens is 480 g/mol. The Balaban J connectivity index is 1.58. The van der Waals surface area contributed by atoms with Crippen molar-refractivity contribution in [3.05, 3.63) is 104 Å². The summed E-state index contributed by atoms with van der Waals surface area (Å²) in [5, 5.41) is 3.70. The highest BCUT2D eigenvalue weighted by atomic mass is 35.5. The number of ether oxygens (including phenoxy) is 1. The van der Waals surface area contributed by atoms with Crippen molar-refractivity contribution in [2.45, 2.75) is 26.4 Å². The second kappa shape index (κ2) is 11.5. The summed E-state index contributed by atoms with van der Waals surface area (Å²) in [5.41, 5.74) is 1.20. The monoisotopic (exact) mass is 504 g/mol. The van der Waals surface area contributed by atoms with Crippen molar-refractivity contribution in [3.8, 4) is 11.5 Å². The fourth-order valence-electron chi connectivity index (χ4n) is 3.49. The first-order chi connectivity index (χ1) is 17.5. The van der Waals surface area contributed by atoms with Crippen LogP contribution in [-0.4, -0.2) is 32.4 Å². The molecule has 4 rings (SSSR count). The van der Waals surface area contributed by atoms with Crippen LogP contribution in [0.2, 0.25) is 5.02 Å². The molecule has 0 aliphatic rings. The summed E-state index contributed by atoms with van der Waals surface area (Å²) in [7, 11) is 1.69. The van der Waals surface area contributed by atoms with Crippen molar-refractivity contribution < 1.29 is 4.74 Å². The molecular formula is C26H25ClN6O3. The first-order valence-electron chi connectivity index (χ1n) is 11.4. The standard InChI is InChI=1S/C26H25ClN6O3/c1-3-14-32-25(34)31-24(33(26(32)35)17-18-4-6-19(27)7-5-18)30-20-8-11-22(12-9-20)36-23-13-10-21(15-28-2)29-16-23/h4-13,15-16H,3,14,17H2,1-2H3,(H,30,31,34). The minimum Gasteiger partial charge on any atom is -0.456 e. The molecule has 0 saturated heterocycles. The van der Waals surface area contributed by atoms with Crippen LogP contribution in [-0.2, 0) is 13.1 Å². The average molecular weight is 505 g/mol. The Morgan fingerprint density at radius 3 is 2.36 bits per heavy atom. The Hall–Kier alpha value is -4.24. The van der Waals surface area contributed by atoms with Gasteiger partial charge in [0.05, 0.1) is 18.4 Å². The van der Waals surface area contributed by atoms with Crippen molar-refractivity contribution in [1.29, 1.82) is 0 Å². The van der Waals surface area contributed by atoms with Crippen molar-refractivity contribution >= 4 is 29.5 Å². The summed E-state index contributed by atoms with van der Waals surface area (Å²) in [4.78, 5) is 38.1. The van der Waals surface area contributed by atoms with Crippen LogP contribution >= 0.6 is 11.6 Å². The van der Waals surface area contributed by atoms with E-state index < -0.39 is 11.4 Å². The van der Waals surface area contributed by atoms with Crippen molar-refractivity contribution in [2.75, 3.05) is 12.4 Å². The second-order valence-electron chi connectivity index (χ2n) is 7.92. The molecule has 1 N–H and O–H groups in total. The summed E-state index contributed by atoms with van der Waals surface area (Å²) >= 11 is 6.00. The highest BCUT2D eigenvalue weighted by Crippen LogP contribution is 2.24. The fourth-order valence-corrected chi connectivity index (χ4v) is 3.61. The summed E-state index contributed by atoms with van der Waals surface area (Å²) in [6.07, 6.45) is 3.91. The largest absolute Gasteiger partial charge is 0.456 e. The number of rotatable bonds is 9. The predicted octanol–water partition coefficient (Wildman–Crippen LogP) is 4.50. The number of halogens is 1. The summed E-state index contributed by atoms with van der Waals surface area (Å²) < 4.78 is 8.42. The minimum atomic E-state index is -0.597. The van der Waals surface area contributed by atoms with E-state index in [4.69, 9.17) is 16.3 Å². The van der Waals surface area contributed by atoms with E-state index in [2.05, 4.69) is 20.3 Å². The zero-order valence-corrected chi connectivity index (χ0v) is 20.6. The molecule has 4 aromatic rings. The smallest absolute Gasteiger partial charge is 0.354 e. The highest BCUT2D eigenvalue weighted by Gasteiger charge is 2.14. The van der Waals surface area contributed by atoms with E-state index in [0.717, 1.165) is 15.8 Å². The third-order valence-electron chi connectivity index (χ3n) is 5.22. The first-order valence-corrected chi connectivity index (χ1v) is 11.7. The zero-order chi connectivity index (χ0) is 25.5. The number of nitrogens with one attached hydrogen (secondary N) is 1. The van der Waals surface area contributed by atoms with E-state index in [9.17, 15) is 9.59 Å². The van der Waals surface area contributed by atoms with Gasteiger partial charge in [0.1, 0.15) is 11.5 Å². The number of hydrogen-bond donors (Lipinski definition) is 1.